The van der Waals surface area contributed by atoms with Gasteiger partial charge in [0, 0.05) is 29.8 Å². The number of hydrogen-bond donors (Lipinski definition) is 4. The lowest BCUT2D eigenvalue weighted by Crippen LogP contribution is -2.12. The molecule has 36 heavy (non-hydrogen) atoms. The second kappa shape index (κ2) is 11.2. The summed E-state index contributed by atoms with van der Waals surface area (Å²) in [6.07, 6.45) is 6.72. The first kappa shape index (κ1) is 26.7. The number of nitrogens with one attached hydrogen (secondary N) is 1. The van der Waals surface area contributed by atoms with E-state index in [1.807, 2.05) is 36.4 Å². The molecule has 0 aliphatic carbocycles. The lowest BCUT2D eigenvalue weighted by molar-refractivity contribution is 0.490. The number of primary sulfonamides is 1. The SMILES string of the molecule is CS(=O)(=O)O.Nc1nc(Nc2cccc(S(N)(=O)=O)c2)ncc1-c1ccc(Cc2ccncc2)cc1. The highest BCUT2D eigenvalue weighted by Gasteiger charge is 2.10. The van der Waals surface area contributed by atoms with Crippen molar-refractivity contribution in [2.24, 2.45) is 5.14 Å². The molecule has 0 atom stereocenters. The number of pyridine rings is 1. The van der Waals surface area contributed by atoms with E-state index in [0.29, 0.717) is 23.3 Å². The molecule has 4 rings (SSSR count). The number of anilines is 3. The summed E-state index contributed by atoms with van der Waals surface area (Å²) in [6.45, 7) is 0. The van der Waals surface area contributed by atoms with Crippen molar-refractivity contribution < 1.29 is 21.4 Å². The Labute approximate surface area is 209 Å². The maximum Gasteiger partial charge on any atom is 0.261 e. The smallest absolute Gasteiger partial charge is 0.261 e. The van der Waals surface area contributed by atoms with Crippen LogP contribution in [0.15, 0.2) is 84.1 Å². The van der Waals surface area contributed by atoms with Crippen molar-refractivity contribution in [3.63, 3.8) is 0 Å². The number of hydrogen-bond acceptors (Lipinski definition) is 9. The predicted octanol–water partition coefficient (Wildman–Crippen LogP) is 2.61. The molecule has 0 spiro atoms. The molecule has 2 aromatic carbocycles. The predicted molar refractivity (Wildman–Crippen MR) is 137 cm³/mol. The Hall–Kier alpha value is -3.91. The van der Waals surface area contributed by atoms with Gasteiger partial charge in [0.2, 0.25) is 16.0 Å². The normalized spacial score (nSPS) is 11.3. The van der Waals surface area contributed by atoms with E-state index in [1.54, 1.807) is 30.7 Å². The van der Waals surface area contributed by atoms with Gasteiger partial charge < -0.3 is 11.1 Å². The molecular weight excluding hydrogens is 504 g/mol. The van der Waals surface area contributed by atoms with Crippen molar-refractivity contribution in [3.8, 4) is 11.1 Å². The summed E-state index contributed by atoms with van der Waals surface area (Å²) in [5.41, 5.74) is 10.6. The highest BCUT2D eigenvalue weighted by Crippen LogP contribution is 2.26. The topological polar surface area (TPSA) is 191 Å². The van der Waals surface area contributed by atoms with Crippen LogP contribution < -0.4 is 16.2 Å². The summed E-state index contributed by atoms with van der Waals surface area (Å²) < 4.78 is 48.9. The molecule has 11 nitrogen and oxygen atoms in total. The van der Waals surface area contributed by atoms with Crippen molar-refractivity contribution >= 4 is 37.6 Å². The van der Waals surface area contributed by atoms with Crippen LogP contribution in [-0.2, 0) is 26.6 Å². The first-order valence-corrected chi connectivity index (χ1v) is 13.7. The van der Waals surface area contributed by atoms with Gasteiger partial charge >= 0.3 is 0 Å². The highest BCUT2D eigenvalue weighted by molar-refractivity contribution is 7.89. The zero-order valence-corrected chi connectivity index (χ0v) is 20.7. The van der Waals surface area contributed by atoms with Crippen LogP contribution in [0.1, 0.15) is 11.1 Å². The summed E-state index contributed by atoms with van der Waals surface area (Å²) in [5, 5.41) is 8.12. The van der Waals surface area contributed by atoms with Gasteiger partial charge in [-0.15, -0.1) is 0 Å². The minimum absolute atomic E-state index is 0.00560. The van der Waals surface area contributed by atoms with Crippen molar-refractivity contribution in [3.05, 3.63) is 90.4 Å². The third-order valence-electron chi connectivity index (χ3n) is 4.66. The van der Waals surface area contributed by atoms with Crippen LogP contribution in [0, 0.1) is 0 Å². The summed E-state index contributed by atoms with van der Waals surface area (Å²) in [5.74, 6) is 0.559. The third kappa shape index (κ3) is 8.39. The summed E-state index contributed by atoms with van der Waals surface area (Å²) >= 11 is 0. The zero-order valence-electron chi connectivity index (χ0n) is 19.1. The molecule has 13 heteroatoms. The molecule has 0 aliphatic rings. The van der Waals surface area contributed by atoms with E-state index in [4.69, 9.17) is 15.4 Å². The van der Waals surface area contributed by atoms with Crippen molar-refractivity contribution in [2.45, 2.75) is 11.3 Å². The van der Waals surface area contributed by atoms with Gasteiger partial charge in [-0.25, -0.2) is 18.5 Å². The minimum atomic E-state index is -3.80. The second-order valence-electron chi connectivity index (χ2n) is 7.65. The quantitative estimate of drug-likeness (QED) is 0.270. The van der Waals surface area contributed by atoms with Gasteiger partial charge in [-0.1, -0.05) is 30.3 Å². The molecule has 0 aliphatic heterocycles. The maximum atomic E-state index is 11.5. The summed E-state index contributed by atoms with van der Waals surface area (Å²) in [7, 11) is -7.47. The Morgan fingerprint density at radius 3 is 2.14 bits per heavy atom. The fraction of sp³-hybridized carbons (Fsp3) is 0.0870. The monoisotopic (exact) mass is 528 g/mol. The molecule has 0 amide bonds. The van der Waals surface area contributed by atoms with Crippen LogP contribution >= 0.6 is 0 Å². The minimum Gasteiger partial charge on any atom is -0.383 e. The molecule has 188 valence electrons. The van der Waals surface area contributed by atoms with Crippen molar-refractivity contribution in [2.75, 3.05) is 17.3 Å². The van der Waals surface area contributed by atoms with Crippen LogP contribution in [0.25, 0.3) is 11.1 Å². The van der Waals surface area contributed by atoms with Crippen LogP contribution in [0.4, 0.5) is 17.5 Å². The highest BCUT2D eigenvalue weighted by atomic mass is 32.2. The molecule has 0 fully saturated rings. The van der Waals surface area contributed by atoms with Crippen LogP contribution in [-0.4, -0.2) is 42.6 Å². The zero-order chi connectivity index (χ0) is 26.3. The number of aromatic nitrogens is 3. The number of nitrogens with two attached hydrogens (primary N) is 2. The summed E-state index contributed by atoms with van der Waals surface area (Å²) in [4.78, 5) is 12.6. The Balaban J connectivity index is 0.000000658. The Bertz CT molecular complexity index is 1540. The first-order chi connectivity index (χ1) is 16.9. The number of sulfonamides is 1. The van der Waals surface area contributed by atoms with Gasteiger partial charge in [0.1, 0.15) is 5.82 Å². The molecule has 0 bridgehead atoms. The Kier molecular flexibility index (Phi) is 8.32. The lowest BCUT2D eigenvalue weighted by Gasteiger charge is -2.10. The van der Waals surface area contributed by atoms with E-state index in [-0.39, 0.29) is 10.8 Å². The van der Waals surface area contributed by atoms with Crippen molar-refractivity contribution in [1.82, 2.24) is 15.0 Å². The lowest BCUT2D eigenvalue weighted by atomic mass is 10.0. The van der Waals surface area contributed by atoms with Crippen LogP contribution in [0.5, 0.6) is 0 Å². The number of nitrogen functional groups attached to an aromatic ring is 1. The van der Waals surface area contributed by atoms with E-state index >= 15 is 0 Å². The number of rotatable bonds is 6. The van der Waals surface area contributed by atoms with Crippen LogP contribution in [0.3, 0.4) is 0 Å². The average Bonchev–Trinajstić information content (AvgIpc) is 2.79. The first-order valence-electron chi connectivity index (χ1n) is 10.3. The molecule has 0 saturated carbocycles. The number of benzene rings is 2. The Morgan fingerprint density at radius 2 is 1.56 bits per heavy atom. The van der Waals surface area contributed by atoms with E-state index < -0.39 is 20.1 Å². The molecule has 6 N–H and O–H groups in total. The van der Waals surface area contributed by atoms with Gasteiger partial charge in [-0.05, 0) is 53.4 Å². The van der Waals surface area contributed by atoms with E-state index in [1.165, 1.54) is 23.3 Å². The molecule has 0 saturated heterocycles. The fourth-order valence-corrected chi connectivity index (χ4v) is 3.66. The molecule has 2 aromatic heterocycles. The largest absolute Gasteiger partial charge is 0.383 e. The third-order valence-corrected chi connectivity index (χ3v) is 5.57. The Morgan fingerprint density at radius 1 is 0.944 bits per heavy atom. The van der Waals surface area contributed by atoms with Gasteiger partial charge in [0.25, 0.3) is 10.1 Å². The van der Waals surface area contributed by atoms with E-state index in [9.17, 15) is 16.8 Å². The summed E-state index contributed by atoms with van der Waals surface area (Å²) in [6, 6.07) is 18.1. The van der Waals surface area contributed by atoms with Gasteiger partial charge in [-0.3, -0.25) is 9.54 Å². The van der Waals surface area contributed by atoms with E-state index in [0.717, 1.165) is 12.0 Å². The molecule has 2 heterocycles. The molecular formula is C23H24N6O5S2. The van der Waals surface area contributed by atoms with Gasteiger partial charge in [-0.2, -0.15) is 13.4 Å². The van der Waals surface area contributed by atoms with Gasteiger partial charge in [0.15, 0.2) is 0 Å². The fourth-order valence-electron chi connectivity index (χ4n) is 3.10. The maximum absolute atomic E-state index is 11.5. The molecule has 0 radical (unpaired) electrons. The molecule has 4 aromatic rings. The number of nitrogens with zero attached hydrogens (tertiary/aromatic N) is 3. The van der Waals surface area contributed by atoms with Crippen molar-refractivity contribution in [1.29, 1.82) is 0 Å². The standard InChI is InChI=1S/C22H20N6O2S.CH4O3S/c23-21-20(17-6-4-15(5-7-17)12-16-8-10-25-11-9-16)14-26-22(28-21)27-18-2-1-3-19(13-18)31(24,29)30;1-5(2,3)4/h1-11,13-14H,12H2,(H2,24,29,30)(H3,23,26,27,28);1H3,(H,2,3,4). The van der Waals surface area contributed by atoms with Crippen LogP contribution in [0.2, 0.25) is 0 Å². The molecule has 0 unspecified atom stereocenters. The van der Waals surface area contributed by atoms with E-state index in [2.05, 4.69) is 20.3 Å². The van der Waals surface area contributed by atoms with Gasteiger partial charge in [0.05, 0.1) is 11.2 Å². The second-order valence-corrected chi connectivity index (χ2v) is 10.7. The average molecular weight is 529 g/mol.